The molecule has 0 heterocycles. The van der Waals surface area contributed by atoms with Crippen molar-refractivity contribution in [2.45, 2.75) is 12.5 Å². The van der Waals surface area contributed by atoms with Crippen molar-refractivity contribution in [2.24, 2.45) is 0 Å². The van der Waals surface area contributed by atoms with E-state index in [4.69, 9.17) is 4.74 Å². The predicted octanol–water partition coefficient (Wildman–Crippen LogP) is 2.66. The molecule has 0 amide bonds. The molecular formula is C17H18O4. The van der Waals surface area contributed by atoms with Gasteiger partial charge in [0, 0.05) is 0 Å². The number of rotatable bonds is 5. The molecule has 2 aromatic rings. The molecule has 1 N–H and O–H groups in total. The molecule has 0 aromatic heterocycles. The van der Waals surface area contributed by atoms with Gasteiger partial charge in [-0.1, -0.05) is 42.5 Å². The number of carbonyl (C=O) groups excluding carboxylic acids is 1. The Labute approximate surface area is 123 Å². The minimum absolute atomic E-state index is 0.162. The summed E-state index contributed by atoms with van der Waals surface area (Å²) in [6.07, 6.45) is 0. The Bertz CT molecular complexity index is 588. The third kappa shape index (κ3) is 3.83. The van der Waals surface area contributed by atoms with Gasteiger partial charge in [-0.15, -0.1) is 0 Å². The average molecular weight is 286 g/mol. The van der Waals surface area contributed by atoms with Crippen molar-refractivity contribution < 1.29 is 19.4 Å². The molecule has 2 rings (SSSR count). The Morgan fingerprint density at radius 1 is 1.05 bits per heavy atom. The van der Waals surface area contributed by atoms with Crippen LogP contribution in [0.25, 0.3) is 11.1 Å². The summed E-state index contributed by atoms with van der Waals surface area (Å²) in [7, 11) is 1.23. The highest BCUT2D eigenvalue weighted by Gasteiger charge is 2.32. The zero-order chi connectivity index (χ0) is 15.3. The first-order valence-corrected chi connectivity index (χ1v) is 6.62. The fourth-order valence-electron chi connectivity index (χ4n) is 1.88. The number of ether oxygens (including phenoxy) is 2. The summed E-state index contributed by atoms with van der Waals surface area (Å²) in [6, 6.07) is 17.4. The van der Waals surface area contributed by atoms with Crippen LogP contribution in [0, 0.1) is 0 Å². The van der Waals surface area contributed by atoms with Gasteiger partial charge < -0.3 is 14.6 Å². The molecule has 0 saturated carbocycles. The number of methoxy groups -OCH3 is 1. The van der Waals surface area contributed by atoms with Crippen LogP contribution in [0.15, 0.2) is 54.6 Å². The summed E-state index contributed by atoms with van der Waals surface area (Å²) in [5.74, 6) is -0.137. The molecule has 0 fully saturated rings. The second-order valence-corrected chi connectivity index (χ2v) is 4.94. The lowest BCUT2D eigenvalue weighted by molar-refractivity contribution is -0.163. The molecule has 1 atom stereocenters. The van der Waals surface area contributed by atoms with Crippen LogP contribution < -0.4 is 4.74 Å². The third-order valence-electron chi connectivity index (χ3n) is 3.11. The van der Waals surface area contributed by atoms with Gasteiger partial charge in [0.1, 0.15) is 12.4 Å². The van der Waals surface area contributed by atoms with Gasteiger partial charge in [0.15, 0.2) is 5.60 Å². The number of carbonyl (C=O) groups is 1. The Hall–Kier alpha value is -2.33. The van der Waals surface area contributed by atoms with Gasteiger partial charge in [-0.05, 0) is 30.2 Å². The van der Waals surface area contributed by atoms with Gasteiger partial charge >= 0.3 is 5.97 Å². The van der Waals surface area contributed by atoms with E-state index in [0.29, 0.717) is 5.75 Å². The van der Waals surface area contributed by atoms with Crippen LogP contribution >= 0.6 is 0 Å². The number of benzene rings is 2. The topological polar surface area (TPSA) is 55.8 Å². The van der Waals surface area contributed by atoms with Gasteiger partial charge in [-0.25, -0.2) is 4.79 Å². The predicted molar refractivity (Wildman–Crippen MR) is 80.0 cm³/mol. The lowest BCUT2D eigenvalue weighted by Crippen LogP contribution is -2.42. The van der Waals surface area contributed by atoms with E-state index >= 15 is 0 Å². The second-order valence-electron chi connectivity index (χ2n) is 4.94. The van der Waals surface area contributed by atoms with Crippen molar-refractivity contribution in [1.29, 1.82) is 0 Å². The number of hydrogen-bond acceptors (Lipinski definition) is 4. The van der Waals surface area contributed by atoms with E-state index in [9.17, 15) is 9.90 Å². The fourth-order valence-corrected chi connectivity index (χ4v) is 1.88. The van der Waals surface area contributed by atoms with Crippen molar-refractivity contribution in [3.05, 3.63) is 54.6 Å². The molecule has 0 bridgehead atoms. The molecule has 4 nitrogen and oxygen atoms in total. The molecule has 0 radical (unpaired) electrons. The third-order valence-corrected chi connectivity index (χ3v) is 3.11. The van der Waals surface area contributed by atoms with Crippen LogP contribution in [-0.4, -0.2) is 30.4 Å². The summed E-state index contributed by atoms with van der Waals surface area (Å²) < 4.78 is 9.95. The Morgan fingerprint density at radius 2 is 1.62 bits per heavy atom. The zero-order valence-electron chi connectivity index (χ0n) is 12.1. The molecule has 0 aliphatic heterocycles. The van der Waals surface area contributed by atoms with Crippen LogP contribution in [0.3, 0.4) is 0 Å². The SMILES string of the molecule is COC(=O)C(C)(O)COc1ccc(-c2ccccc2)cc1. The maximum absolute atomic E-state index is 11.3. The Morgan fingerprint density at radius 3 is 2.19 bits per heavy atom. The van der Waals surface area contributed by atoms with E-state index in [1.54, 1.807) is 12.1 Å². The Kier molecular flexibility index (Phi) is 4.60. The lowest BCUT2D eigenvalue weighted by atomic mass is 10.1. The van der Waals surface area contributed by atoms with E-state index in [0.717, 1.165) is 11.1 Å². The van der Waals surface area contributed by atoms with E-state index in [2.05, 4.69) is 4.74 Å². The summed E-state index contributed by atoms with van der Waals surface area (Å²) in [4.78, 5) is 11.3. The van der Waals surface area contributed by atoms with Crippen molar-refractivity contribution >= 4 is 5.97 Å². The van der Waals surface area contributed by atoms with E-state index < -0.39 is 11.6 Å². The van der Waals surface area contributed by atoms with Crippen molar-refractivity contribution in [3.8, 4) is 16.9 Å². The maximum atomic E-state index is 11.3. The number of aliphatic hydroxyl groups is 1. The average Bonchev–Trinajstić information content (AvgIpc) is 2.53. The minimum atomic E-state index is -1.66. The second kappa shape index (κ2) is 6.41. The molecule has 110 valence electrons. The van der Waals surface area contributed by atoms with E-state index in [1.807, 2.05) is 42.5 Å². The summed E-state index contributed by atoms with van der Waals surface area (Å²) in [6.45, 7) is 1.20. The highest BCUT2D eigenvalue weighted by Crippen LogP contribution is 2.22. The van der Waals surface area contributed by atoms with Crippen LogP contribution in [0.4, 0.5) is 0 Å². The fraction of sp³-hybridized carbons (Fsp3) is 0.235. The smallest absolute Gasteiger partial charge is 0.341 e. The van der Waals surface area contributed by atoms with Gasteiger partial charge in [0.25, 0.3) is 0 Å². The van der Waals surface area contributed by atoms with Crippen LogP contribution in [0.2, 0.25) is 0 Å². The normalized spacial score (nSPS) is 13.3. The molecule has 21 heavy (non-hydrogen) atoms. The van der Waals surface area contributed by atoms with Gasteiger partial charge in [0.05, 0.1) is 7.11 Å². The largest absolute Gasteiger partial charge is 0.490 e. The minimum Gasteiger partial charge on any atom is -0.490 e. The van der Waals surface area contributed by atoms with Gasteiger partial charge in [-0.3, -0.25) is 0 Å². The monoisotopic (exact) mass is 286 g/mol. The highest BCUT2D eigenvalue weighted by atomic mass is 16.6. The number of esters is 1. The molecule has 4 heteroatoms. The Balaban J connectivity index is 2.02. The van der Waals surface area contributed by atoms with Gasteiger partial charge in [-0.2, -0.15) is 0 Å². The van der Waals surface area contributed by atoms with E-state index in [1.165, 1.54) is 14.0 Å². The summed E-state index contributed by atoms with van der Waals surface area (Å²) >= 11 is 0. The van der Waals surface area contributed by atoms with Crippen LogP contribution in [0.5, 0.6) is 5.75 Å². The molecule has 2 aromatic carbocycles. The maximum Gasteiger partial charge on any atom is 0.341 e. The van der Waals surface area contributed by atoms with Crippen LogP contribution in [-0.2, 0) is 9.53 Å². The quantitative estimate of drug-likeness (QED) is 0.859. The van der Waals surface area contributed by atoms with Crippen molar-refractivity contribution in [3.63, 3.8) is 0 Å². The molecule has 1 unspecified atom stereocenters. The van der Waals surface area contributed by atoms with Gasteiger partial charge in [0.2, 0.25) is 0 Å². The first-order valence-electron chi connectivity index (χ1n) is 6.62. The van der Waals surface area contributed by atoms with Crippen LogP contribution in [0.1, 0.15) is 6.92 Å². The van der Waals surface area contributed by atoms with E-state index in [-0.39, 0.29) is 6.61 Å². The highest BCUT2D eigenvalue weighted by molar-refractivity contribution is 5.78. The molecule has 0 spiro atoms. The summed E-state index contributed by atoms with van der Waals surface area (Å²) in [5, 5.41) is 9.88. The first kappa shape index (κ1) is 15.1. The molecule has 0 saturated heterocycles. The molecule has 0 aliphatic carbocycles. The van der Waals surface area contributed by atoms with Crippen molar-refractivity contribution in [1.82, 2.24) is 0 Å². The standard InChI is InChI=1S/C17H18O4/c1-17(19,16(18)20-2)12-21-15-10-8-14(9-11-15)13-6-4-3-5-7-13/h3-11,19H,12H2,1-2H3. The summed E-state index contributed by atoms with van der Waals surface area (Å²) in [5.41, 5.74) is 0.528. The zero-order valence-corrected chi connectivity index (χ0v) is 12.1. The molecular weight excluding hydrogens is 268 g/mol. The van der Waals surface area contributed by atoms with Crippen molar-refractivity contribution in [2.75, 3.05) is 13.7 Å². The number of hydrogen-bond donors (Lipinski definition) is 1. The molecule has 0 aliphatic rings. The lowest BCUT2D eigenvalue weighted by Gasteiger charge is -2.20. The first-order chi connectivity index (χ1) is 10.0.